The number of anilines is 1. The Morgan fingerprint density at radius 1 is 1.14 bits per heavy atom. The molecule has 0 N–H and O–H groups in total. The van der Waals surface area contributed by atoms with E-state index in [9.17, 15) is 14.4 Å². The number of ether oxygens (including phenoxy) is 1. The molecule has 0 atom stereocenters. The summed E-state index contributed by atoms with van der Waals surface area (Å²) in [7, 11) is 1.76. The van der Waals surface area contributed by atoms with Crippen molar-refractivity contribution in [1.82, 2.24) is 14.4 Å². The molecule has 2 aromatic rings. The minimum atomic E-state index is -0.318. The summed E-state index contributed by atoms with van der Waals surface area (Å²) in [6, 6.07) is 7.95. The Labute approximate surface area is 219 Å². The Morgan fingerprint density at radius 3 is 2.53 bits per heavy atom. The number of fused-ring (bicyclic) bond motifs is 1. The Morgan fingerprint density at radius 2 is 1.83 bits per heavy atom. The molecule has 2 amide bonds. The molecule has 0 radical (unpaired) electrons. The molecule has 3 aliphatic rings. The number of aromatic nitrogens is 1. The lowest BCUT2D eigenvalue weighted by molar-refractivity contribution is -0.123. The van der Waals surface area contributed by atoms with E-state index in [2.05, 4.69) is 4.90 Å². The van der Waals surface area contributed by atoms with Crippen LogP contribution in [-0.2, 0) is 16.6 Å². The maximum Gasteiger partial charge on any atom is 0.409 e. The van der Waals surface area contributed by atoms with Gasteiger partial charge >= 0.3 is 6.09 Å². The number of benzene rings is 1. The average molecular weight is 527 g/mol. The van der Waals surface area contributed by atoms with Crippen molar-refractivity contribution in [2.24, 2.45) is 7.05 Å². The zero-order chi connectivity index (χ0) is 25.4. The van der Waals surface area contributed by atoms with Crippen molar-refractivity contribution < 1.29 is 14.3 Å². The number of carbonyl (C=O) groups is 2. The van der Waals surface area contributed by atoms with Gasteiger partial charge in [-0.05, 0) is 31.9 Å². The number of carbonyl (C=O) groups excluding carboxylic acids is 2. The van der Waals surface area contributed by atoms with Crippen LogP contribution in [0.3, 0.4) is 0 Å². The van der Waals surface area contributed by atoms with Crippen LogP contribution in [0.25, 0.3) is 17.0 Å². The largest absolute Gasteiger partial charge is 0.450 e. The van der Waals surface area contributed by atoms with E-state index < -0.39 is 0 Å². The van der Waals surface area contributed by atoms with Gasteiger partial charge in [-0.1, -0.05) is 55.0 Å². The summed E-state index contributed by atoms with van der Waals surface area (Å²) in [5.74, 6) is -0.106. The highest BCUT2D eigenvalue weighted by molar-refractivity contribution is 8.26. The van der Waals surface area contributed by atoms with Gasteiger partial charge in [0.2, 0.25) is 0 Å². The van der Waals surface area contributed by atoms with Gasteiger partial charge in [-0.3, -0.25) is 14.5 Å². The van der Waals surface area contributed by atoms with Gasteiger partial charge < -0.3 is 19.1 Å². The topological polar surface area (TPSA) is 75.1 Å². The van der Waals surface area contributed by atoms with E-state index in [-0.39, 0.29) is 23.6 Å². The van der Waals surface area contributed by atoms with Crippen LogP contribution in [0.4, 0.5) is 10.5 Å². The maximum atomic E-state index is 13.7. The summed E-state index contributed by atoms with van der Waals surface area (Å²) in [4.78, 5) is 45.4. The van der Waals surface area contributed by atoms with Crippen LogP contribution in [0.2, 0.25) is 0 Å². The summed E-state index contributed by atoms with van der Waals surface area (Å²) in [6.45, 7) is 4.22. The third-order valence-electron chi connectivity index (χ3n) is 7.22. The van der Waals surface area contributed by atoms with Crippen LogP contribution >= 0.6 is 24.0 Å². The first-order valence-corrected chi connectivity index (χ1v) is 13.7. The summed E-state index contributed by atoms with van der Waals surface area (Å²) in [5, 5.41) is 0.932. The zero-order valence-corrected chi connectivity index (χ0v) is 22.2. The third-order valence-corrected chi connectivity index (χ3v) is 8.55. The van der Waals surface area contributed by atoms with Crippen molar-refractivity contribution >= 4 is 63.0 Å². The fraction of sp³-hybridized carbons (Fsp3) is 0.462. The number of nitrogens with zero attached hydrogens (tertiary/aromatic N) is 4. The molecule has 1 aromatic heterocycles. The van der Waals surface area contributed by atoms with Crippen molar-refractivity contribution in [2.75, 3.05) is 37.7 Å². The number of pyridine rings is 1. The molecular formula is C26H30N4O4S2. The van der Waals surface area contributed by atoms with E-state index in [4.69, 9.17) is 17.0 Å². The highest BCUT2D eigenvalue weighted by Gasteiger charge is 2.38. The third kappa shape index (κ3) is 4.41. The molecule has 1 aromatic carbocycles. The molecule has 5 rings (SSSR count). The van der Waals surface area contributed by atoms with E-state index in [0.29, 0.717) is 47.6 Å². The van der Waals surface area contributed by atoms with Gasteiger partial charge in [-0.15, -0.1) is 0 Å². The molecule has 190 valence electrons. The normalized spacial score (nSPS) is 20.3. The first-order valence-electron chi connectivity index (χ1n) is 12.5. The second-order valence-corrected chi connectivity index (χ2v) is 11.0. The lowest BCUT2D eigenvalue weighted by Gasteiger charge is -2.36. The molecule has 0 unspecified atom stereocenters. The van der Waals surface area contributed by atoms with Gasteiger partial charge in [-0.25, -0.2) is 4.79 Å². The van der Waals surface area contributed by atoms with E-state index >= 15 is 0 Å². The first kappa shape index (κ1) is 24.8. The van der Waals surface area contributed by atoms with Gasteiger partial charge in [0, 0.05) is 44.7 Å². The number of hydrogen-bond acceptors (Lipinski definition) is 7. The van der Waals surface area contributed by atoms with Gasteiger partial charge in [0.25, 0.3) is 11.5 Å². The standard InChI is InChI=1S/C26H30N4O4S2/c1-3-34-25(33)29-14-12-28(13-15-29)22-18-10-6-7-11-20(18)27(2)23(31)19(22)16-21-24(32)30(26(35)36-21)17-8-4-5-9-17/h6-7,10-11,16-17H,3-5,8-9,12-15H2,1-2H3. The van der Waals surface area contributed by atoms with Crippen LogP contribution in [-0.4, -0.2) is 69.5 Å². The van der Waals surface area contributed by atoms with Crippen molar-refractivity contribution in [3.8, 4) is 0 Å². The summed E-state index contributed by atoms with van der Waals surface area (Å²) >= 11 is 6.87. The molecule has 0 bridgehead atoms. The molecule has 3 heterocycles. The SMILES string of the molecule is CCOC(=O)N1CCN(c2c(C=C3SC(=S)N(C4CCCC4)C3=O)c(=O)n(C)c3ccccc23)CC1. The second-order valence-electron chi connectivity index (χ2n) is 9.31. The molecule has 8 nitrogen and oxygen atoms in total. The Balaban J connectivity index is 1.56. The number of piperazine rings is 1. The predicted octanol–water partition coefficient (Wildman–Crippen LogP) is 3.96. The predicted molar refractivity (Wildman–Crippen MR) is 147 cm³/mol. The first-order chi connectivity index (χ1) is 17.4. The van der Waals surface area contributed by atoms with Crippen molar-refractivity contribution in [3.05, 3.63) is 45.1 Å². The highest BCUT2D eigenvalue weighted by Crippen LogP contribution is 2.39. The van der Waals surface area contributed by atoms with Crippen molar-refractivity contribution in [3.63, 3.8) is 0 Å². The number of thioether (sulfide) groups is 1. The Kier molecular flexibility index (Phi) is 7.07. The van der Waals surface area contributed by atoms with Gasteiger partial charge in [0.05, 0.1) is 28.3 Å². The van der Waals surface area contributed by atoms with Crippen LogP contribution in [0.1, 0.15) is 38.2 Å². The van der Waals surface area contributed by atoms with Crippen LogP contribution in [0.5, 0.6) is 0 Å². The van der Waals surface area contributed by atoms with Gasteiger partial charge in [0.1, 0.15) is 4.32 Å². The number of amides is 2. The molecule has 1 aliphatic carbocycles. The fourth-order valence-electron chi connectivity index (χ4n) is 5.39. The van der Waals surface area contributed by atoms with E-state index in [0.717, 1.165) is 42.3 Å². The Hall–Kier alpha value is -2.85. The lowest BCUT2D eigenvalue weighted by Crippen LogP contribution is -2.49. The highest BCUT2D eigenvalue weighted by atomic mass is 32.2. The second kappa shape index (κ2) is 10.3. The van der Waals surface area contributed by atoms with E-state index in [1.807, 2.05) is 24.3 Å². The van der Waals surface area contributed by atoms with Gasteiger partial charge in [-0.2, -0.15) is 0 Å². The monoisotopic (exact) mass is 526 g/mol. The molecule has 2 saturated heterocycles. The van der Waals surface area contributed by atoms with Crippen LogP contribution in [0, 0.1) is 0 Å². The van der Waals surface area contributed by atoms with E-state index in [1.165, 1.54) is 11.8 Å². The number of hydrogen-bond donors (Lipinski definition) is 0. The fourth-order valence-corrected chi connectivity index (χ4v) is 6.77. The molecule has 0 spiro atoms. The van der Waals surface area contributed by atoms with Crippen LogP contribution in [0.15, 0.2) is 34.0 Å². The Bertz CT molecular complexity index is 1310. The smallest absolute Gasteiger partial charge is 0.409 e. The molecular weight excluding hydrogens is 496 g/mol. The number of thiocarbonyl (C=S) groups is 1. The quantitative estimate of drug-likeness (QED) is 0.441. The summed E-state index contributed by atoms with van der Waals surface area (Å²) < 4.78 is 7.37. The van der Waals surface area contributed by atoms with Crippen molar-refractivity contribution in [2.45, 2.75) is 38.6 Å². The lowest BCUT2D eigenvalue weighted by atomic mass is 10.1. The number of para-hydroxylation sites is 1. The molecule has 1 saturated carbocycles. The minimum absolute atomic E-state index is 0.106. The average Bonchev–Trinajstić information content (AvgIpc) is 3.50. The molecule has 10 heteroatoms. The summed E-state index contributed by atoms with van der Waals surface area (Å²) in [6.07, 6.45) is 5.56. The number of aryl methyl sites for hydroxylation is 1. The summed E-state index contributed by atoms with van der Waals surface area (Å²) in [5.41, 5.74) is 1.93. The van der Waals surface area contributed by atoms with E-state index in [1.54, 1.807) is 34.4 Å². The number of rotatable bonds is 4. The molecule has 3 fully saturated rings. The van der Waals surface area contributed by atoms with Crippen LogP contribution < -0.4 is 10.5 Å². The molecule has 2 aliphatic heterocycles. The minimum Gasteiger partial charge on any atom is -0.450 e. The van der Waals surface area contributed by atoms with Crippen molar-refractivity contribution in [1.29, 1.82) is 0 Å². The molecule has 36 heavy (non-hydrogen) atoms. The maximum absolute atomic E-state index is 13.7. The van der Waals surface area contributed by atoms with Gasteiger partial charge in [0.15, 0.2) is 0 Å². The zero-order valence-electron chi connectivity index (χ0n) is 20.6.